The summed E-state index contributed by atoms with van der Waals surface area (Å²) >= 11 is 0. The number of nitrogens with one attached hydrogen (secondary N) is 1. The number of carbonyl (C=O) groups excluding carboxylic acids is 1. The zero-order chi connectivity index (χ0) is 15.2. The topological polar surface area (TPSA) is 51.2 Å². The highest BCUT2D eigenvalue weighted by Gasteiger charge is 2.15. The molecule has 1 N–H and O–H groups in total. The van der Waals surface area contributed by atoms with E-state index in [1.165, 1.54) is 0 Å². The Labute approximate surface area is 125 Å². The van der Waals surface area contributed by atoms with E-state index < -0.39 is 0 Å². The van der Waals surface area contributed by atoms with E-state index in [-0.39, 0.29) is 11.8 Å². The van der Waals surface area contributed by atoms with Gasteiger partial charge in [-0.15, -0.1) is 0 Å². The fraction of sp³-hybridized carbons (Fsp3) is 0.294. The van der Waals surface area contributed by atoms with E-state index in [4.69, 9.17) is 4.74 Å². The molecule has 0 spiro atoms. The highest BCUT2D eigenvalue weighted by atomic mass is 16.5. The lowest BCUT2D eigenvalue weighted by molar-refractivity contribution is 0.0950. The Morgan fingerprint density at radius 2 is 2.00 bits per heavy atom. The third-order valence-electron chi connectivity index (χ3n) is 3.43. The zero-order valence-electron chi connectivity index (χ0n) is 12.6. The first kappa shape index (κ1) is 15.2. The molecule has 4 nitrogen and oxygen atoms in total. The Hall–Kier alpha value is -2.20. The number of ether oxygens (including phenoxy) is 1. The van der Waals surface area contributed by atoms with E-state index in [0.717, 1.165) is 16.9 Å². The lowest BCUT2D eigenvalue weighted by Gasteiger charge is -2.14. The summed E-state index contributed by atoms with van der Waals surface area (Å²) in [6, 6.07) is 9.12. The van der Waals surface area contributed by atoms with Crippen LogP contribution in [0.1, 0.15) is 28.4 Å². The number of hydrogen-bond acceptors (Lipinski definition) is 4. The van der Waals surface area contributed by atoms with E-state index in [2.05, 4.69) is 10.3 Å². The van der Waals surface area contributed by atoms with Gasteiger partial charge in [-0.05, 0) is 55.3 Å². The van der Waals surface area contributed by atoms with Crippen molar-refractivity contribution >= 4 is 5.78 Å². The van der Waals surface area contributed by atoms with Crippen LogP contribution in [0.4, 0.5) is 0 Å². The summed E-state index contributed by atoms with van der Waals surface area (Å²) < 4.78 is 5.21. The molecule has 0 amide bonds. The predicted octanol–water partition coefficient (Wildman–Crippen LogP) is 2.76. The second-order valence-electron chi connectivity index (χ2n) is 5.01. The van der Waals surface area contributed by atoms with Crippen LogP contribution in [0.25, 0.3) is 0 Å². The zero-order valence-corrected chi connectivity index (χ0v) is 12.6. The van der Waals surface area contributed by atoms with Crippen molar-refractivity contribution in [3.63, 3.8) is 0 Å². The molecule has 1 aromatic heterocycles. The van der Waals surface area contributed by atoms with Gasteiger partial charge in [0.25, 0.3) is 0 Å². The molecule has 0 radical (unpaired) electrons. The van der Waals surface area contributed by atoms with E-state index in [9.17, 15) is 4.79 Å². The third kappa shape index (κ3) is 3.89. The summed E-state index contributed by atoms with van der Waals surface area (Å²) in [6.07, 6.45) is 3.49. The van der Waals surface area contributed by atoms with Crippen molar-refractivity contribution in [3.05, 3.63) is 59.4 Å². The lowest BCUT2D eigenvalue weighted by Crippen LogP contribution is -2.33. The largest absolute Gasteiger partial charge is 0.496 e. The minimum atomic E-state index is -0.244. The van der Waals surface area contributed by atoms with Crippen molar-refractivity contribution in [1.29, 1.82) is 0 Å². The molecule has 21 heavy (non-hydrogen) atoms. The van der Waals surface area contributed by atoms with Gasteiger partial charge in [-0.1, -0.05) is 0 Å². The lowest BCUT2D eigenvalue weighted by atomic mass is 10.0. The Bertz CT molecular complexity index is 611. The summed E-state index contributed by atoms with van der Waals surface area (Å²) in [5.41, 5.74) is 2.77. The fourth-order valence-corrected chi connectivity index (χ4v) is 2.15. The first-order chi connectivity index (χ1) is 10.1. The number of rotatable bonds is 6. The number of aryl methyl sites for hydroxylation is 1. The van der Waals surface area contributed by atoms with Crippen LogP contribution in [0.15, 0.2) is 42.7 Å². The normalized spacial score (nSPS) is 12.0. The molecule has 0 saturated carbocycles. The number of carbonyl (C=O) groups is 1. The fourth-order valence-electron chi connectivity index (χ4n) is 2.15. The summed E-state index contributed by atoms with van der Waals surface area (Å²) in [6.45, 7) is 4.46. The van der Waals surface area contributed by atoms with E-state index in [1.807, 2.05) is 38.1 Å². The third-order valence-corrected chi connectivity index (χ3v) is 3.43. The number of methoxy groups -OCH3 is 1. The van der Waals surface area contributed by atoms with Crippen molar-refractivity contribution in [3.8, 4) is 5.75 Å². The standard InChI is InChI=1S/C17H20N2O2/c1-12-10-15(4-5-16(12)21-3)17(20)13(2)19-11-14-6-8-18-9-7-14/h4-10,13,19H,11H2,1-3H3. The second-order valence-corrected chi connectivity index (χ2v) is 5.01. The van der Waals surface area contributed by atoms with Gasteiger partial charge < -0.3 is 10.1 Å². The van der Waals surface area contributed by atoms with Crippen LogP contribution in [-0.2, 0) is 6.54 Å². The van der Waals surface area contributed by atoms with Gasteiger partial charge in [0.1, 0.15) is 5.75 Å². The van der Waals surface area contributed by atoms with E-state index in [0.29, 0.717) is 12.1 Å². The van der Waals surface area contributed by atoms with Gasteiger partial charge >= 0.3 is 0 Å². The number of pyridine rings is 1. The van der Waals surface area contributed by atoms with Crippen molar-refractivity contribution in [1.82, 2.24) is 10.3 Å². The first-order valence-electron chi connectivity index (χ1n) is 6.93. The Balaban J connectivity index is 2.00. The molecule has 1 aromatic carbocycles. The van der Waals surface area contributed by atoms with Gasteiger partial charge in [-0.25, -0.2) is 0 Å². The molecule has 0 aliphatic carbocycles. The molecule has 1 atom stereocenters. The number of Topliss-reactive ketones (excluding diaryl/α,β-unsaturated/α-hetero) is 1. The highest BCUT2D eigenvalue weighted by molar-refractivity contribution is 6.00. The molecular weight excluding hydrogens is 264 g/mol. The number of aromatic nitrogens is 1. The summed E-state index contributed by atoms with van der Waals surface area (Å²) in [5.74, 6) is 0.874. The van der Waals surface area contributed by atoms with Crippen molar-refractivity contribution in [2.24, 2.45) is 0 Å². The number of nitrogens with zero attached hydrogens (tertiary/aromatic N) is 1. The molecule has 2 rings (SSSR count). The van der Waals surface area contributed by atoms with Crippen LogP contribution < -0.4 is 10.1 Å². The number of hydrogen-bond donors (Lipinski definition) is 1. The summed E-state index contributed by atoms with van der Waals surface area (Å²) in [4.78, 5) is 16.4. The molecule has 1 heterocycles. The second kappa shape index (κ2) is 6.99. The molecular formula is C17H20N2O2. The average molecular weight is 284 g/mol. The molecule has 0 saturated heterocycles. The van der Waals surface area contributed by atoms with Gasteiger partial charge in [-0.2, -0.15) is 0 Å². The maximum atomic E-state index is 12.4. The van der Waals surface area contributed by atoms with Crippen molar-refractivity contribution < 1.29 is 9.53 Å². The smallest absolute Gasteiger partial charge is 0.179 e. The van der Waals surface area contributed by atoms with Gasteiger partial charge in [0, 0.05) is 24.5 Å². The van der Waals surface area contributed by atoms with E-state index >= 15 is 0 Å². The van der Waals surface area contributed by atoms with Crippen LogP contribution >= 0.6 is 0 Å². The van der Waals surface area contributed by atoms with Gasteiger partial charge in [0.05, 0.1) is 13.2 Å². The number of benzene rings is 1. The van der Waals surface area contributed by atoms with Crippen LogP contribution in [0.5, 0.6) is 5.75 Å². The monoisotopic (exact) mass is 284 g/mol. The molecule has 0 fully saturated rings. The van der Waals surface area contributed by atoms with Gasteiger partial charge in [-0.3, -0.25) is 9.78 Å². The minimum Gasteiger partial charge on any atom is -0.496 e. The molecule has 4 heteroatoms. The Morgan fingerprint density at radius 1 is 1.29 bits per heavy atom. The maximum Gasteiger partial charge on any atom is 0.179 e. The molecule has 2 aromatic rings. The van der Waals surface area contributed by atoms with Crippen LogP contribution in [0.2, 0.25) is 0 Å². The average Bonchev–Trinajstić information content (AvgIpc) is 2.52. The highest BCUT2D eigenvalue weighted by Crippen LogP contribution is 2.19. The minimum absolute atomic E-state index is 0.0785. The van der Waals surface area contributed by atoms with Crippen molar-refractivity contribution in [2.75, 3.05) is 7.11 Å². The Kier molecular flexibility index (Phi) is 5.06. The van der Waals surface area contributed by atoms with Crippen LogP contribution in [0, 0.1) is 6.92 Å². The van der Waals surface area contributed by atoms with Crippen molar-refractivity contribution in [2.45, 2.75) is 26.4 Å². The molecule has 1 unspecified atom stereocenters. The van der Waals surface area contributed by atoms with E-state index in [1.54, 1.807) is 25.6 Å². The maximum absolute atomic E-state index is 12.4. The predicted molar refractivity (Wildman–Crippen MR) is 82.6 cm³/mol. The number of ketones is 1. The summed E-state index contributed by atoms with van der Waals surface area (Å²) in [5, 5.41) is 3.24. The molecule has 0 aliphatic heterocycles. The SMILES string of the molecule is COc1ccc(C(=O)C(C)NCc2ccncc2)cc1C. The van der Waals surface area contributed by atoms with Crippen LogP contribution in [-0.4, -0.2) is 23.9 Å². The van der Waals surface area contributed by atoms with Crippen LogP contribution in [0.3, 0.4) is 0 Å². The van der Waals surface area contributed by atoms with Gasteiger partial charge in [0.2, 0.25) is 0 Å². The Morgan fingerprint density at radius 3 is 2.62 bits per heavy atom. The van der Waals surface area contributed by atoms with Gasteiger partial charge in [0.15, 0.2) is 5.78 Å². The molecule has 110 valence electrons. The molecule has 0 bridgehead atoms. The summed E-state index contributed by atoms with van der Waals surface area (Å²) in [7, 11) is 1.63. The first-order valence-corrected chi connectivity index (χ1v) is 6.93. The quantitative estimate of drug-likeness (QED) is 0.829. The molecule has 0 aliphatic rings.